The standard InChI is InChI=1S/C50H29N3OS/c1-29-11-17-37-35-7-3-5-9-43(35)53(46(37)23-29)33-15-20-48-40(27-33)39-24-30(12-19-47(39)54-48)31-13-21-49-41(25-31)42-28-34(16-22-50(42)55-49)52-44-10-6-4-8-36(44)38-26-32(51-2)14-18-45(38)52/h3-28H,1H3. The van der Waals surface area contributed by atoms with Gasteiger partial charge in [-0.2, -0.15) is 0 Å². The van der Waals surface area contributed by atoms with Crippen LogP contribution in [-0.2, 0) is 0 Å². The normalized spacial score (nSPS) is 12.1. The minimum atomic E-state index is 0.655. The molecule has 0 atom stereocenters. The third-order valence-corrected chi connectivity index (χ3v) is 12.5. The molecular formula is C50H29N3OS. The van der Waals surface area contributed by atoms with Crippen LogP contribution in [0.15, 0.2) is 162 Å². The summed E-state index contributed by atoms with van der Waals surface area (Å²) in [7, 11) is 0. The Morgan fingerprint density at radius 2 is 1.02 bits per heavy atom. The van der Waals surface area contributed by atoms with Crippen LogP contribution in [-0.4, -0.2) is 9.13 Å². The Labute approximate surface area is 319 Å². The van der Waals surface area contributed by atoms with E-state index in [0.717, 1.165) is 60.7 Å². The van der Waals surface area contributed by atoms with Crippen molar-refractivity contribution in [1.82, 2.24) is 9.13 Å². The van der Waals surface area contributed by atoms with Crippen LogP contribution in [0, 0.1) is 13.5 Å². The molecule has 0 fully saturated rings. The van der Waals surface area contributed by atoms with Gasteiger partial charge in [0, 0.05) is 58.5 Å². The molecule has 0 aliphatic rings. The van der Waals surface area contributed by atoms with E-state index in [1.165, 1.54) is 53.1 Å². The molecule has 0 unspecified atom stereocenters. The molecule has 4 nitrogen and oxygen atoms in total. The van der Waals surface area contributed by atoms with Crippen LogP contribution in [0.2, 0.25) is 0 Å². The second-order valence-electron chi connectivity index (χ2n) is 14.5. The molecule has 55 heavy (non-hydrogen) atoms. The maximum Gasteiger partial charge on any atom is 0.188 e. The molecule has 0 saturated heterocycles. The van der Waals surface area contributed by atoms with Crippen molar-refractivity contribution in [2.75, 3.05) is 0 Å². The first-order chi connectivity index (χ1) is 27.1. The van der Waals surface area contributed by atoms with E-state index in [0.29, 0.717) is 5.69 Å². The highest BCUT2D eigenvalue weighted by Gasteiger charge is 2.17. The molecular weight excluding hydrogens is 691 g/mol. The second-order valence-corrected chi connectivity index (χ2v) is 15.6. The minimum absolute atomic E-state index is 0.655. The largest absolute Gasteiger partial charge is 0.456 e. The first-order valence-electron chi connectivity index (χ1n) is 18.4. The average molecular weight is 720 g/mol. The zero-order chi connectivity index (χ0) is 36.4. The summed E-state index contributed by atoms with van der Waals surface area (Å²) >= 11 is 1.83. The SMILES string of the molecule is [C-]#[N+]c1ccc2c(c1)c1ccccc1n2-c1ccc2sc3ccc(-c4ccc5oc6ccc(-n7c8ccccc8c8ccc(C)cc87)cc6c5c4)cc3c2c1. The lowest BCUT2D eigenvalue weighted by Gasteiger charge is -2.09. The van der Waals surface area contributed by atoms with Gasteiger partial charge in [0.2, 0.25) is 0 Å². The number of benzene rings is 8. The van der Waals surface area contributed by atoms with Crippen LogP contribution in [0.3, 0.4) is 0 Å². The Morgan fingerprint density at radius 1 is 0.455 bits per heavy atom. The summed E-state index contributed by atoms with van der Waals surface area (Å²) < 4.78 is 13.7. The quantitative estimate of drug-likeness (QED) is 0.167. The van der Waals surface area contributed by atoms with Crippen molar-refractivity contribution in [3.63, 3.8) is 0 Å². The van der Waals surface area contributed by atoms with Crippen molar-refractivity contribution >= 4 is 103 Å². The van der Waals surface area contributed by atoms with Gasteiger partial charge in [-0.1, -0.05) is 66.7 Å². The summed E-state index contributed by atoms with van der Waals surface area (Å²) in [6, 6.07) is 56.7. The number of hydrogen-bond donors (Lipinski definition) is 0. The maximum absolute atomic E-state index is 7.60. The van der Waals surface area contributed by atoms with Crippen molar-refractivity contribution < 1.29 is 4.42 Å². The van der Waals surface area contributed by atoms with Gasteiger partial charge >= 0.3 is 0 Å². The molecule has 0 amide bonds. The molecule has 12 rings (SSSR count). The van der Waals surface area contributed by atoms with Gasteiger partial charge in [0.25, 0.3) is 0 Å². The summed E-state index contributed by atoms with van der Waals surface area (Å²) in [5, 5.41) is 9.47. The maximum atomic E-state index is 7.60. The van der Waals surface area contributed by atoms with Crippen LogP contribution in [0.1, 0.15) is 5.56 Å². The van der Waals surface area contributed by atoms with E-state index in [1.54, 1.807) is 0 Å². The molecule has 0 aliphatic heterocycles. The third-order valence-electron chi connectivity index (χ3n) is 11.4. The lowest BCUT2D eigenvalue weighted by molar-refractivity contribution is 0.669. The van der Waals surface area contributed by atoms with Gasteiger partial charge in [0.1, 0.15) is 11.2 Å². The Kier molecular flexibility index (Phi) is 6.17. The predicted octanol–water partition coefficient (Wildman–Crippen LogP) is 14.7. The molecule has 12 aromatic rings. The van der Waals surface area contributed by atoms with Gasteiger partial charge < -0.3 is 13.6 Å². The van der Waals surface area contributed by atoms with Crippen molar-refractivity contribution in [3.05, 3.63) is 175 Å². The highest BCUT2D eigenvalue weighted by atomic mass is 32.1. The van der Waals surface area contributed by atoms with Crippen LogP contribution in [0.4, 0.5) is 5.69 Å². The molecule has 4 aromatic heterocycles. The van der Waals surface area contributed by atoms with Crippen molar-refractivity contribution in [3.8, 4) is 22.5 Å². The first-order valence-corrected chi connectivity index (χ1v) is 19.3. The fourth-order valence-corrected chi connectivity index (χ4v) is 9.90. The Balaban J connectivity index is 1.01. The monoisotopic (exact) mass is 719 g/mol. The Morgan fingerprint density at radius 3 is 1.80 bits per heavy atom. The number of hydrogen-bond acceptors (Lipinski definition) is 2. The van der Waals surface area contributed by atoms with Crippen LogP contribution in [0.5, 0.6) is 0 Å². The Bertz CT molecular complexity index is 3640. The summed E-state index contributed by atoms with van der Waals surface area (Å²) in [4.78, 5) is 3.71. The highest BCUT2D eigenvalue weighted by molar-refractivity contribution is 7.25. The number of nitrogens with zero attached hydrogens (tertiary/aromatic N) is 3. The van der Waals surface area contributed by atoms with Gasteiger partial charge in [0.15, 0.2) is 5.69 Å². The number of thiophene rings is 1. The van der Waals surface area contributed by atoms with Gasteiger partial charge in [-0.15, -0.1) is 11.3 Å². The zero-order valence-corrected chi connectivity index (χ0v) is 30.5. The number of fused-ring (bicyclic) bond motifs is 12. The zero-order valence-electron chi connectivity index (χ0n) is 29.7. The van der Waals surface area contributed by atoms with Gasteiger partial charge in [0.05, 0.1) is 28.6 Å². The van der Waals surface area contributed by atoms with E-state index < -0.39 is 0 Å². The lowest BCUT2D eigenvalue weighted by Crippen LogP contribution is -1.93. The van der Waals surface area contributed by atoms with Crippen molar-refractivity contribution in [2.24, 2.45) is 0 Å². The topological polar surface area (TPSA) is 27.4 Å². The van der Waals surface area contributed by atoms with E-state index in [-0.39, 0.29) is 0 Å². The van der Waals surface area contributed by atoms with Crippen LogP contribution < -0.4 is 0 Å². The van der Waals surface area contributed by atoms with E-state index >= 15 is 0 Å². The molecule has 0 aliphatic carbocycles. The highest BCUT2D eigenvalue weighted by Crippen LogP contribution is 2.42. The fourth-order valence-electron chi connectivity index (χ4n) is 8.84. The molecule has 8 aromatic carbocycles. The van der Waals surface area contributed by atoms with Gasteiger partial charge in [-0.25, -0.2) is 4.85 Å². The molecule has 0 N–H and O–H groups in total. The van der Waals surface area contributed by atoms with E-state index in [4.69, 9.17) is 11.0 Å². The molecule has 0 radical (unpaired) electrons. The number of aromatic nitrogens is 2. The minimum Gasteiger partial charge on any atom is -0.456 e. The van der Waals surface area contributed by atoms with Gasteiger partial charge in [-0.05, 0) is 120 Å². The number of para-hydroxylation sites is 2. The van der Waals surface area contributed by atoms with E-state index in [1.807, 2.05) is 23.5 Å². The average Bonchev–Trinajstić information content (AvgIpc) is 3.97. The molecule has 0 saturated carbocycles. The Hall–Kier alpha value is -7.13. The van der Waals surface area contributed by atoms with Crippen molar-refractivity contribution in [1.29, 1.82) is 0 Å². The fraction of sp³-hybridized carbons (Fsp3) is 0.0200. The third kappa shape index (κ3) is 4.37. The summed E-state index contributed by atoms with van der Waals surface area (Å²) in [5.74, 6) is 0. The second kappa shape index (κ2) is 11.2. The smallest absolute Gasteiger partial charge is 0.188 e. The number of furan rings is 1. The summed E-state index contributed by atoms with van der Waals surface area (Å²) in [5.41, 5.74) is 12.9. The molecule has 0 bridgehead atoms. The van der Waals surface area contributed by atoms with E-state index in [2.05, 4.69) is 166 Å². The lowest BCUT2D eigenvalue weighted by atomic mass is 10.0. The van der Waals surface area contributed by atoms with Gasteiger partial charge in [-0.3, -0.25) is 0 Å². The number of rotatable bonds is 3. The first kappa shape index (κ1) is 30.3. The summed E-state index contributed by atoms with van der Waals surface area (Å²) in [6.45, 7) is 9.75. The summed E-state index contributed by atoms with van der Waals surface area (Å²) in [6.07, 6.45) is 0. The van der Waals surface area contributed by atoms with Crippen LogP contribution in [0.25, 0.3) is 113 Å². The molecule has 256 valence electrons. The molecule has 4 heterocycles. The molecule has 0 spiro atoms. The van der Waals surface area contributed by atoms with Crippen LogP contribution >= 0.6 is 11.3 Å². The predicted molar refractivity (Wildman–Crippen MR) is 232 cm³/mol. The molecule has 5 heteroatoms. The van der Waals surface area contributed by atoms with E-state index in [9.17, 15) is 0 Å². The van der Waals surface area contributed by atoms with Crippen molar-refractivity contribution in [2.45, 2.75) is 6.92 Å². The number of aryl methyl sites for hydroxylation is 1.